The highest BCUT2D eigenvalue weighted by Gasteiger charge is 2.14. The zero-order chi connectivity index (χ0) is 22.1. The van der Waals surface area contributed by atoms with Gasteiger partial charge in [-0.2, -0.15) is 0 Å². The van der Waals surface area contributed by atoms with Crippen LogP contribution < -0.4 is 25.1 Å². The Morgan fingerprint density at radius 1 is 0.806 bits per heavy atom. The number of halogens is 1. The van der Waals surface area contributed by atoms with Crippen LogP contribution in [0.4, 0.5) is 0 Å². The number of carbonyl (C=O) groups excluding carboxylic acids is 2. The van der Waals surface area contributed by atoms with E-state index in [1.54, 1.807) is 42.5 Å². The molecule has 0 saturated carbocycles. The Kier molecular flexibility index (Phi) is 7.89. The molecule has 0 aliphatic carbocycles. The lowest BCUT2D eigenvalue weighted by Crippen LogP contribution is -2.41. The number of methoxy groups -OCH3 is 1. The Morgan fingerprint density at radius 3 is 2.23 bits per heavy atom. The molecule has 3 aromatic rings. The van der Waals surface area contributed by atoms with Gasteiger partial charge in [0, 0.05) is 5.56 Å². The molecule has 0 atom stereocenters. The van der Waals surface area contributed by atoms with Crippen molar-refractivity contribution < 1.29 is 23.8 Å². The molecule has 0 fully saturated rings. The van der Waals surface area contributed by atoms with Gasteiger partial charge in [-0.1, -0.05) is 30.3 Å². The third-order valence-corrected chi connectivity index (χ3v) is 4.81. The van der Waals surface area contributed by atoms with Crippen molar-refractivity contribution in [3.8, 4) is 17.2 Å². The Bertz CT molecular complexity index is 1040. The largest absolute Gasteiger partial charge is 0.496 e. The predicted molar refractivity (Wildman–Crippen MR) is 120 cm³/mol. The second kappa shape index (κ2) is 11.0. The molecule has 0 heterocycles. The van der Waals surface area contributed by atoms with E-state index in [9.17, 15) is 9.59 Å². The van der Waals surface area contributed by atoms with Crippen molar-refractivity contribution in [3.05, 3.63) is 88.4 Å². The average Bonchev–Trinajstić information content (AvgIpc) is 2.81. The lowest BCUT2D eigenvalue weighted by Gasteiger charge is -2.13. The molecule has 8 heteroatoms. The zero-order valence-corrected chi connectivity index (χ0v) is 18.3. The molecule has 31 heavy (non-hydrogen) atoms. The second-order valence-electron chi connectivity index (χ2n) is 6.26. The number of benzene rings is 3. The van der Waals surface area contributed by atoms with E-state index in [-0.39, 0.29) is 6.61 Å². The van der Waals surface area contributed by atoms with Gasteiger partial charge in [0.15, 0.2) is 0 Å². The maximum absolute atomic E-state index is 12.6. The lowest BCUT2D eigenvalue weighted by atomic mass is 10.2. The number of amides is 2. The minimum absolute atomic E-state index is 0.255. The smallest absolute Gasteiger partial charge is 0.273 e. The van der Waals surface area contributed by atoms with E-state index in [1.165, 1.54) is 7.11 Å². The van der Waals surface area contributed by atoms with Crippen LogP contribution in [-0.2, 0) is 0 Å². The van der Waals surface area contributed by atoms with Gasteiger partial charge in [0.2, 0.25) is 0 Å². The predicted octanol–water partition coefficient (Wildman–Crippen LogP) is 3.99. The van der Waals surface area contributed by atoms with E-state index < -0.39 is 11.8 Å². The minimum atomic E-state index is -0.500. The van der Waals surface area contributed by atoms with Crippen LogP contribution in [0.1, 0.15) is 20.7 Å². The number of hydrogen-bond donors (Lipinski definition) is 2. The van der Waals surface area contributed by atoms with Crippen LogP contribution in [0.3, 0.4) is 0 Å². The molecule has 0 aliphatic heterocycles. The van der Waals surface area contributed by atoms with Gasteiger partial charge in [-0.05, 0) is 58.4 Å². The SMILES string of the molecule is COc1ccc(C(=O)NNC(=O)c2ccccc2OCCOc2ccccc2)cc1Br. The molecule has 0 saturated heterocycles. The number of hydrogen-bond acceptors (Lipinski definition) is 5. The summed E-state index contributed by atoms with van der Waals surface area (Å²) in [5.41, 5.74) is 5.45. The van der Waals surface area contributed by atoms with Crippen molar-refractivity contribution in [1.82, 2.24) is 10.9 Å². The summed E-state index contributed by atoms with van der Waals surface area (Å²) >= 11 is 3.33. The van der Waals surface area contributed by atoms with Crippen LogP contribution >= 0.6 is 15.9 Å². The van der Waals surface area contributed by atoms with Gasteiger partial charge in [0.25, 0.3) is 11.8 Å². The lowest BCUT2D eigenvalue weighted by molar-refractivity contribution is 0.0843. The maximum atomic E-state index is 12.6. The van der Waals surface area contributed by atoms with Crippen LogP contribution in [0.5, 0.6) is 17.2 Å². The molecule has 0 aromatic heterocycles. The van der Waals surface area contributed by atoms with Crippen LogP contribution in [0.2, 0.25) is 0 Å². The first-order valence-electron chi connectivity index (χ1n) is 9.42. The molecule has 0 spiro atoms. The van der Waals surface area contributed by atoms with Crippen molar-refractivity contribution in [2.24, 2.45) is 0 Å². The van der Waals surface area contributed by atoms with Crippen molar-refractivity contribution in [1.29, 1.82) is 0 Å². The van der Waals surface area contributed by atoms with Gasteiger partial charge in [-0.15, -0.1) is 0 Å². The van der Waals surface area contributed by atoms with Crippen molar-refractivity contribution >= 4 is 27.7 Å². The Hall–Kier alpha value is -3.52. The number of carbonyl (C=O) groups is 2. The fourth-order valence-corrected chi connectivity index (χ4v) is 3.21. The topological polar surface area (TPSA) is 85.9 Å². The van der Waals surface area contributed by atoms with E-state index in [4.69, 9.17) is 14.2 Å². The van der Waals surface area contributed by atoms with E-state index in [0.29, 0.717) is 33.7 Å². The quantitative estimate of drug-likeness (QED) is 0.372. The third-order valence-electron chi connectivity index (χ3n) is 4.19. The summed E-state index contributed by atoms with van der Waals surface area (Å²) in [5, 5.41) is 0. The highest BCUT2D eigenvalue weighted by Crippen LogP contribution is 2.25. The molecule has 3 rings (SSSR count). The summed E-state index contributed by atoms with van der Waals surface area (Å²) in [5.74, 6) is 0.762. The molecule has 2 N–H and O–H groups in total. The van der Waals surface area contributed by atoms with E-state index >= 15 is 0 Å². The van der Waals surface area contributed by atoms with E-state index in [0.717, 1.165) is 5.75 Å². The summed E-state index contributed by atoms with van der Waals surface area (Å²) in [6.45, 7) is 0.578. The molecule has 7 nitrogen and oxygen atoms in total. The number of hydrazine groups is 1. The number of nitrogens with one attached hydrogen (secondary N) is 2. The van der Waals surface area contributed by atoms with E-state index in [2.05, 4.69) is 26.8 Å². The van der Waals surface area contributed by atoms with Gasteiger partial charge in [0.05, 0.1) is 17.1 Å². The second-order valence-corrected chi connectivity index (χ2v) is 7.12. The third kappa shape index (κ3) is 6.23. The molecular weight excluding hydrogens is 464 g/mol. The Morgan fingerprint density at radius 2 is 1.48 bits per heavy atom. The van der Waals surface area contributed by atoms with Crippen LogP contribution in [0, 0.1) is 0 Å². The first-order chi connectivity index (χ1) is 15.1. The highest BCUT2D eigenvalue weighted by molar-refractivity contribution is 9.10. The summed E-state index contributed by atoms with van der Waals surface area (Å²) in [6, 6.07) is 21.0. The van der Waals surface area contributed by atoms with Crippen LogP contribution in [-0.4, -0.2) is 32.1 Å². The fourth-order valence-electron chi connectivity index (χ4n) is 2.67. The average molecular weight is 485 g/mol. The zero-order valence-electron chi connectivity index (χ0n) is 16.8. The maximum Gasteiger partial charge on any atom is 0.273 e. The number of ether oxygens (including phenoxy) is 3. The first kappa shape index (κ1) is 22.2. The molecule has 0 bridgehead atoms. The van der Waals surface area contributed by atoms with Crippen molar-refractivity contribution in [2.45, 2.75) is 0 Å². The molecule has 3 aromatic carbocycles. The van der Waals surface area contributed by atoms with Gasteiger partial charge in [0.1, 0.15) is 30.5 Å². The molecule has 0 radical (unpaired) electrons. The molecular formula is C23H21BrN2O5. The first-order valence-corrected chi connectivity index (χ1v) is 10.2. The normalized spacial score (nSPS) is 10.1. The molecule has 0 aliphatic rings. The summed E-state index contributed by atoms with van der Waals surface area (Å²) < 4.78 is 17.1. The van der Waals surface area contributed by atoms with Gasteiger partial charge >= 0.3 is 0 Å². The Balaban J connectivity index is 1.54. The highest BCUT2D eigenvalue weighted by atomic mass is 79.9. The van der Waals surface area contributed by atoms with Crippen LogP contribution in [0.25, 0.3) is 0 Å². The van der Waals surface area contributed by atoms with Crippen molar-refractivity contribution in [2.75, 3.05) is 20.3 Å². The Labute approximate surface area is 188 Å². The molecule has 0 unspecified atom stereocenters. The van der Waals surface area contributed by atoms with E-state index in [1.807, 2.05) is 30.3 Å². The van der Waals surface area contributed by atoms with Crippen LogP contribution in [0.15, 0.2) is 77.3 Å². The van der Waals surface area contributed by atoms with Gasteiger partial charge in [-0.25, -0.2) is 0 Å². The van der Waals surface area contributed by atoms with Gasteiger partial charge < -0.3 is 14.2 Å². The monoisotopic (exact) mass is 484 g/mol. The van der Waals surface area contributed by atoms with Gasteiger partial charge in [-0.3, -0.25) is 20.4 Å². The standard InChI is InChI=1S/C23H21BrN2O5/c1-29-21-12-11-16(15-19(21)24)22(27)25-26-23(28)18-9-5-6-10-20(18)31-14-13-30-17-7-3-2-4-8-17/h2-12,15H,13-14H2,1H3,(H,25,27)(H,26,28). The number of rotatable bonds is 8. The number of para-hydroxylation sites is 2. The minimum Gasteiger partial charge on any atom is -0.496 e. The fraction of sp³-hybridized carbons (Fsp3) is 0.130. The van der Waals surface area contributed by atoms with Crippen molar-refractivity contribution in [3.63, 3.8) is 0 Å². The molecule has 160 valence electrons. The summed E-state index contributed by atoms with van der Waals surface area (Å²) in [4.78, 5) is 24.9. The summed E-state index contributed by atoms with van der Waals surface area (Å²) in [6.07, 6.45) is 0. The summed E-state index contributed by atoms with van der Waals surface area (Å²) in [7, 11) is 1.54. The molecule has 2 amide bonds.